The van der Waals surface area contributed by atoms with Crippen molar-refractivity contribution in [2.45, 2.75) is 84.1 Å². The van der Waals surface area contributed by atoms with Crippen LogP contribution in [0.15, 0.2) is 18.2 Å². The zero-order chi connectivity index (χ0) is 18.8. The van der Waals surface area contributed by atoms with Gasteiger partial charge in [-0.1, -0.05) is 51.5 Å². The maximum atomic E-state index is 12.4. The van der Waals surface area contributed by atoms with Crippen molar-refractivity contribution in [3.8, 4) is 5.75 Å². The van der Waals surface area contributed by atoms with Crippen molar-refractivity contribution in [3.05, 3.63) is 23.8 Å². The average Bonchev–Trinajstić information content (AvgIpc) is 2.63. The van der Waals surface area contributed by atoms with Crippen LogP contribution in [0.2, 0.25) is 0 Å². The number of ether oxygens (including phenoxy) is 1. The predicted molar refractivity (Wildman–Crippen MR) is 109 cm³/mol. The Morgan fingerprint density at radius 3 is 2.73 bits per heavy atom. The Morgan fingerprint density at radius 1 is 1.27 bits per heavy atom. The average molecular weight is 361 g/mol. The normalized spacial score (nSPS) is 16.3. The van der Waals surface area contributed by atoms with Crippen molar-refractivity contribution in [2.24, 2.45) is 11.7 Å². The summed E-state index contributed by atoms with van der Waals surface area (Å²) >= 11 is 0. The number of carbonyl (C=O) groups excluding carboxylic acids is 1. The molecule has 1 aromatic carbocycles. The molecule has 0 aromatic heterocycles. The fourth-order valence-electron chi connectivity index (χ4n) is 3.87. The number of rotatable bonds is 10. The minimum atomic E-state index is 0.0898. The summed E-state index contributed by atoms with van der Waals surface area (Å²) in [6.07, 6.45) is 11.1. The molecular formula is C22H36N2O2. The van der Waals surface area contributed by atoms with Crippen LogP contribution in [0, 0.1) is 5.92 Å². The van der Waals surface area contributed by atoms with Gasteiger partial charge in [0.2, 0.25) is 5.91 Å². The number of benzene rings is 1. The topological polar surface area (TPSA) is 64.3 Å². The monoisotopic (exact) mass is 360 g/mol. The molecule has 26 heavy (non-hydrogen) atoms. The van der Waals surface area contributed by atoms with Gasteiger partial charge in [0.1, 0.15) is 5.75 Å². The Hall–Kier alpha value is -1.55. The van der Waals surface area contributed by atoms with Crippen molar-refractivity contribution >= 4 is 11.6 Å². The molecule has 1 aromatic rings. The van der Waals surface area contributed by atoms with Gasteiger partial charge in [-0.2, -0.15) is 0 Å². The third-order valence-electron chi connectivity index (χ3n) is 5.28. The molecule has 1 saturated carbocycles. The van der Waals surface area contributed by atoms with E-state index >= 15 is 0 Å². The van der Waals surface area contributed by atoms with Gasteiger partial charge in [-0.3, -0.25) is 4.79 Å². The van der Waals surface area contributed by atoms with E-state index in [1.807, 2.05) is 19.1 Å². The van der Waals surface area contributed by atoms with E-state index in [-0.39, 0.29) is 11.9 Å². The number of amides is 1. The molecule has 146 valence electrons. The Bertz CT molecular complexity index is 553. The number of carbonyl (C=O) groups is 1. The number of nitrogens with two attached hydrogens (primary N) is 1. The maximum Gasteiger partial charge on any atom is 0.224 e. The van der Waals surface area contributed by atoms with Crippen molar-refractivity contribution in [3.63, 3.8) is 0 Å². The zero-order valence-electron chi connectivity index (χ0n) is 16.6. The molecule has 0 bridgehead atoms. The summed E-state index contributed by atoms with van der Waals surface area (Å²) in [6, 6.07) is 6.20. The third-order valence-corrected chi connectivity index (χ3v) is 5.28. The summed E-state index contributed by atoms with van der Waals surface area (Å²) < 4.78 is 5.76. The fourth-order valence-corrected chi connectivity index (χ4v) is 3.87. The largest absolute Gasteiger partial charge is 0.492 e. The molecule has 1 fully saturated rings. The molecule has 3 N–H and O–H groups in total. The second-order valence-corrected chi connectivity index (χ2v) is 7.61. The fraction of sp³-hybridized carbons (Fsp3) is 0.682. The van der Waals surface area contributed by atoms with Gasteiger partial charge in [0.25, 0.3) is 0 Å². The van der Waals surface area contributed by atoms with Crippen molar-refractivity contribution in [2.75, 3.05) is 11.9 Å². The highest BCUT2D eigenvalue weighted by atomic mass is 16.5. The molecule has 2 rings (SSSR count). The maximum absolute atomic E-state index is 12.4. The van der Waals surface area contributed by atoms with Crippen LogP contribution in [0.3, 0.4) is 0 Å². The molecule has 1 amide bonds. The molecule has 1 aliphatic rings. The Kier molecular flexibility index (Phi) is 8.96. The van der Waals surface area contributed by atoms with Gasteiger partial charge in [-0.25, -0.2) is 0 Å². The molecule has 1 unspecified atom stereocenters. The first-order valence-electron chi connectivity index (χ1n) is 10.4. The van der Waals surface area contributed by atoms with Gasteiger partial charge in [0.05, 0.1) is 12.3 Å². The standard InChI is InChI=1S/C22H36N2O2/c1-3-8-19(23)15-18-11-13-20(21(16-18)26-4-2)24-22(25)14-12-17-9-6-5-7-10-17/h11,13,16-17,19H,3-10,12,14-15,23H2,1-2H3,(H,24,25). The summed E-state index contributed by atoms with van der Waals surface area (Å²) in [5.41, 5.74) is 8.09. The minimum Gasteiger partial charge on any atom is -0.492 e. The van der Waals surface area contributed by atoms with Crippen LogP contribution in [-0.4, -0.2) is 18.6 Å². The van der Waals surface area contributed by atoms with Crippen LogP contribution in [-0.2, 0) is 11.2 Å². The molecule has 4 heteroatoms. The highest BCUT2D eigenvalue weighted by Crippen LogP contribution is 2.29. The Balaban J connectivity index is 1.92. The summed E-state index contributed by atoms with van der Waals surface area (Å²) in [6.45, 7) is 4.69. The van der Waals surface area contributed by atoms with Crippen LogP contribution in [0.5, 0.6) is 5.75 Å². The van der Waals surface area contributed by atoms with Crippen molar-refractivity contribution < 1.29 is 9.53 Å². The van der Waals surface area contributed by atoms with Gasteiger partial charge < -0.3 is 15.8 Å². The van der Waals surface area contributed by atoms with Crippen molar-refractivity contribution in [1.29, 1.82) is 0 Å². The third kappa shape index (κ3) is 6.99. The highest BCUT2D eigenvalue weighted by Gasteiger charge is 2.16. The molecule has 0 spiro atoms. The Labute approximate surface area is 158 Å². The van der Waals surface area contributed by atoms with Gasteiger partial charge in [0.15, 0.2) is 0 Å². The quantitative estimate of drug-likeness (QED) is 0.613. The predicted octanol–water partition coefficient (Wildman–Crippen LogP) is 5.05. The molecule has 4 nitrogen and oxygen atoms in total. The van der Waals surface area contributed by atoms with E-state index in [1.54, 1.807) is 0 Å². The van der Waals surface area contributed by atoms with Gasteiger partial charge in [-0.15, -0.1) is 0 Å². The lowest BCUT2D eigenvalue weighted by Crippen LogP contribution is -2.22. The lowest BCUT2D eigenvalue weighted by Gasteiger charge is -2.21. The number of hydrogen-bond donors (Lipinski definition) is 2. The molecule has 1 aliphatic carbocycles. The van der Waals surface area contributed by atoms with E-state index in [1.165, 1.54) is 32.1 Å². The number of hydrogen-bond acceptors (Lipinski definition) is 3. The van der Waals surface area contributed by atoms with E-state index in [0.717, 1.165) is 48.6 Å². The van der Waals surface area contributed by atoms with E-state index in [0.29, 0.717) is 13.0 Å². The highest BCUT2D eigenvalue weighted by molar-refractivity contribution is 5.92. The summed E-state index contributed by atoms with van der Waals surface area (Å²) in [5.74, 6) is 1.56. The van der Waals surface area contributed by atoms with E-state index in [9.17, 15) is 4.79 Å². The van der Waals surface area contributed by atoms with Crippen LogP contribution in [0.1, 0.15) is 77.2 Å². The molecular weight excluding hydrogens is 324 g/mol. The SMILES string of the molecule is CCCC(N)Cc1ccc(NC(=O)CCC2CCCCC2)c(OCC)c1. The lowest BCUT2D eigenvalue weighted by atomic mass is 9.86. The molecule has 0 radical (unpaired) electrons. The van der Waals surface area contributed by atoms with E-state index in [2.05, 4.69) is 18.3 Å². The summed E-state index contributed by atoms with van der Waals surface area (Å²) in [4.78, 5) is 12.4. The molecule has 0 saturated heterocycles. The van der Waals surface area contributed by atoms with Crippen molar-refractivity contribution in [1.82, 2.24) is 0 Å². The molecule has 1 atom stereocenters. The first kappa shape index (κ1) is 20.8. The van der Waals surface area contributed by atoms with Gasteiger partial charge in [-0.05, 0) is 49.8 Å². The molecule has 0 heterocycles. The van der Waals surface area contributed by atoms with Crippen LogP contribution < -0.4 is 15.8 Å². The van der Waals surface area contributed by atoms with E-state index in [4.69, 9.17) is 10.5 Å². The second kappa shape index (κ2) is 11.2. The number of anilines is 1. The number of nitrogens with one attached hydrogen (secondary N) is 1. The first-order chi connectivity index (χ1) is 12.6. The van der Waals surface area contributed by atoms with Crippen LogP contribution in [0.4, 0.5) is 5.69 Å². The Morgan fingerprint density at radius 2 is 2.04 bits per heavy atom. The lowest BCUT2D eigenvalue weighted by molar-refractivity contribution is -0.116. The molecule has 0 aliphatic heterocycles. The van der Waals surface area contributed by atoms with Crippen LogP contribution in [0.25, 0.3) is 0 Å². The van der Waals surface area contributed by atoms with Crippen LogP contribution >= 0.6 is 0 Å². The smallest absolute Gasteiger partial charge is 0.224 e. The zero-order valence-corrected chi connectivity index (χ0v) is 16.6. The summed E-state index contributed by atoms with van der Waals surface area (Å²) in [5, 5.41) is 3.05. The van der Waals surface area contributed by atoms with E-state index < -0.39 is 0 Å². The second-order valence-electron chi connectivity index (χ2n) is 7.61. The first-order valence-corrected chi connectivity index (χ1v) is 10.4. The van der Waals surface area contributed by atoms with Gasteiger partial charge >= 0.3 is 0 Å². The minimum absolute atomic E-state index is 0.0898. The van der Waals surface area contributed by atoms with Gasteiger partial charge in [0, 0.05) is 12.5 Å². The summed E-state index contributed by atoms with van der Waals surface area (Å²) in [7, 11) is 0.